The van der Waals surface area contributed by atoms with Crippen molar-refractivity contribution in [3.8, 4) is 11.1 Å². The number of ether oxygens (including phenoxy) is 2. The first-order chi connectivity index (χ1) is 15.4. The number of nitrogens with one attached hydrogen (secondary N) is 1. The van der Waals surface area contributed by atoms with Gasteiger partial charge < -0.3 is 14.4 Å². The average molecular weight is 459 g/mol. The highest BCUT2D eigenvalue weighted by atomic mass is 32.2. The number of likely N-dealkylation sites (tertiary alicyclic amines) is 1. The van der Waals surface area contributed by atoms with Crippen LogP contribution in [0.3, 0.4) is 0 Å². The van der Waals surface area contributed by atoms with Crippen LogP contribution in [0.2, 0.25) is 0 Å². The normalized spacial score (nSPS) is 23.8. The number of carbonyl (C=O) groups is 1. The highest BCUT2D eigenvalue weighted by Crippen LogP contribution is 2.26. The molecular formula is C24H30N2O5S. The predicted molar refractivity (Wildman–Crippen MR) is 123 cm³/mol. The summed E-state index contributed by atoms with van der Waals surface area (Å²) in [6.45, 7) is 1.54. The largest absolute Gasteiger partial charge is 0.444 e. The van der Waals surface area contributed by atoms with Gasteiger partial charge in [-0.15, -0.1) is 0 Å². The third-order valence-electron chi connectivity index (χ3n) is 6.01. The Hall–Kier alpha value is -2.42. The lowest BCUT2D eigenvalue weighted by Crippen LogP contribution is -2.58. The molecule has 2 aromatic carbocycles. The Bertz CT molecular complexity index is 1020. The van der Waals surface area contributed by atoms with E-state index in [0.717, 1.165) is 22.9 Å². The van der Waals surface area contributed by atoms with Gasteiger partial charge in [-0.05, 0) is 36.0 Å². The molecule has 32 heavy (non-hydrogen) atoms. The first kappa shape index (κ1) is 22.8. The van der Waals surface area contributed by atoms with Crippen LogP contribution in [0.25, 0.3) is 11.1 Å². The maximum atomic E-state index is 13.0. The maximum Gasteiger partial charge on any atom is 0.410 e. The van der Waals surface area contributed by atoms with Gasteiger partial charge in [-0.25, -0.2) is 17.9 Å². The van der Waals surface area contributed by atoms with E-state index < -0.39 is 16.1 Å². The van der Waals surface area contributed by atoms with E-state index in [9.17, 15) is 13.2 Å². The molecule has 1 unspecified atom stereocenters. The van der Waals surface area contributed by atoms with Crippen molar-refractivity contribution in [1.82, 2.24) is 9.62 Å². The Morgan fingerprint density at radius 2 is 1.91 bits per heavy atom. The van der Waals surface area contributed by atoms with Crippen molar-refractivity contribution < 1.29 is 22.7 Å². The summed E-state index contributed by atoms with van der Waals surface area (Å²) < 4.78 is 37.8. The van der Waals surface area contributed by atoms with E-state index in [2.05, 4.69) is 29.0 Å². The molecule has 8 heteroatoms. The molecular weight excluding hydrogens is 428 g/mol. The minimum atomic E-state index is -3.42. The summed E-state index contributed by atoms with van der Waals surface area (Å²) >= 11 is 0. The smallest absolute Gasteiger partial charge is 0.410 e. The number of benzene rings is 2. The quantitative estimate of drug-likeness (QED) is 0.719. The van der Waals surface area contributed by atoms with E-state index in [1.165, 1.54) is 0 Å². The predicted octanol–water partition coefficient (Wildman–Crippen LogP) is 3.20. The monoisotopic (exact) mass is 458 g/mol. The Labute approximate surface area is 189 Å². The molecule has 3 atom stereocenters. The van der Waals surface area contributed by atoms with Crippen LogP contribution in [-0.2, 0) is 25.9 Å². The fourth-order valence-corrected chi connectivity index (χ4v) is 5.34. The Morgan fingerprint density at radius 3 is 2.62 bits per heavy atom. The summed E-state index contributed by atoms with van der Waals surface area (Å²) in [6.07, 6.45) is 3.12. The number of hydrogen-bond acceptors (Lipinski definition) is 5. The van der Waals surface area contributed by atoms with Crippen LogP contribution in [0, 0.1) is 0 Å². The lowest BCUT2D eigenvalue weighted by atomic mass is 9.90. The number of amides is 1. The fourth-order valence-electron chi connectivity index (χ4n) is 4.51. The highest BCUT2D eigenvalue weighted by Gasteiger charge is 2.37. The van der Waals surface area contributed by atoms with Gasteiger partial charge in [-0.2, -0.15) is 0 Å². The highest BCUT2D eigenvalue weighted by molar-refractivity contribution is 7.88. The summed E-state index contributed by atoms with van der Waals surface area (Å²) in [4.78, 5) is 14.7. The molecule has 2 aromatic rings. The number of nitrogens with zero attached hydrogens (tertiary/aromatic N) is 1. The van der Waals surface area contributed by atoms with Gasteiger partial charge in [0, 0.05) is 19.0 Å². The first-order valence-corrected chi connectivity index (χ1v) is 12.9. The number of carbonyl (C=O) groups excluding carboxylic acids is 1. The van der Waals surface area contributed by atoms with Gasteiger partial charge in [-0.3, -0.25) is 0 Å². The number of sulfonamides is 1. The second-order valence-corrected chi connectivity index (χ2v) is 10.3. The number of piperidine rings is 1. The molecule has 0 aliphatic carbocycles. The van der Waals surface area contributed by atoms with Gasteiger partial charge in [0.15, 0.2) is 0 Å². The molecule has 2 aliphatic rings. The molecule has 0 radical (unpaired) electrons. The van der Waals surface area contributed by atoms with Crippen LogP contribution in [-0.4, -0.2) is 63.6 Å². The molecule has 0 spiro atoms. The zero-order valence-electron chi connectivity index (χ0n) is 18.3. The maximum absolute atomic E-state index is 13.0. The van der Waals surface area contributed by atoms with Gasteiger partial charge >= 0.3 is 6.09 Å². The Kier molecular flexibility index (Phi) is 7.13. The van der Waals surface area contributed by atoms with Gasteiger partial charge in [0.05, 0.1) is 25.5 Å². The third-order valence-corrected chi connectivity index (χ3v) is 6.74. The van der Waals surface area contributed by atoms with Crippen molar-refractivity contribution in [3.05, 3.63) is 60.2 Å². The minimum Gasteiger partial charge on any atom is -0.444 e. The van der Waals surface area contributed by atoms with Crippen LogP contribution in [0.1, 0.15) is 24.8 Å². The summed E-state index contributed by atoms with van der Waals surface area (Å²) in [5.41, 5.74) is 3.24. The van der Waals surface area contributed by atoms with Gasteiger partial charge in [0.25, 0.3) is 0 Å². The topological polar surface area (TPSA) is 84.9 Å². The van der Waals surface area contributed by atoms with Crippen LogP contribution < -0.4 is 4.72 Å². The van der Waals surface area contributed by atoms with Crippen molar-refractivity contribution in [1.29, 1.82) is 0 Å². The second-order valence-electron chi connectivity index (χ2n) is 8.54. The molecule has 1 N–H and O–H groups in total. The van der Waals surface area contributed by atoms with Crippen LogP contribution in [0.4, 0.5) is 4.79 Å². The molecule has 2 heterocycles. The Balaban J connectivity index is 1.58. The average Bonchev–Trinajstić information content (AvgIpc) is 3.28. The van der Waals surface area contributed by atoms with Gasteiger partial charge in [0.2, 0.25) is 10.0 Å². The number of hydrogen-bond donors (Lipinski definition) is 1. The van der Waals surface area contributed by atoms with E-state index in [-0.39, 0.29) is 18.2 Å². The first-order valence-electron chi connectivity index (χ1n) is 11.1. The molecule has 4 rings (SSSR count). The van der Waals surface area contributed by atoms with Crippen LogP contribution >= 0.6 is 0 Å². The number of rotatable bonds is 6. The third kappa shape index (κ3) is 5.88. The fraction of sp³-hybridized carbons (Fsp3) is 0.458. The molecule has 2 saturated heterocycles. The van der Waals surface area contributed by atoms with Crippen LogP contribution in [0.5, 0.6) is 0 Å². The molecule has 1 amide bonds. The summed E-state index contributed by atoms with van der Waals surface area (Å²) in [7, 11) is -3.42. The second kappa shape index (κ2) is 10.0. The molecule has 172 valence electrons. The minimum absolute atomic E-state index is 0.243. The summed E-state index contributed by atoms with van der Waals surface area (Å²) in [6, 6.07) is 17.6. The zero-order chi connectivity index (χ0) is 22.6. The van der Waals surface area contributed by atoms with Crippen molar-refractivity contribution >= 4 is 16.1 Å². The van der Waals surface area contributed by atoms with E-state index >= 15 is 0 Å². The summed E-state index contributed by atoms with van der Waals surface area (Å²) in [5, 5.41) is 0. The van der Waals surface area contributed by atoms with Gasteiger partial charge in [0.1, 0.15) is 6.10 Å². The van der Waals surface area contributed by atoms with Crippen molar-refractivity contribution in [2.75, 3.05) is 26.0 Å². The molecule has 7 nitrogen and oxygen atoms in total. The van der Waals surface area contributed by atoms with E-state index in [0.29, 0.717) is 45.4 Å². The van der Waals surface area contributed by atoms with E-state index in [1.807, 2.05) is 30.3 Å². The Morgan fingerprint density at radius 1 is 1.12 bits per heavy atom. The van der Waals surface area contributed by atoms with Crippen molar-refractivity contribution in [2.24, 2.45) is 0 Å². The van der Waals surface area contributed by atoms with Crippen LogP contribution in [0.15, 0.2) is 54.6 Å². The van der Waals surface area contributed by atoms with E-state index in [1.54, 1.807) is 4.90 Å². The summed E-state index contributed by atoms with van der Waals surface area (Å²) in [5.74, 6) is 0. The molecule has 2 aliphatic heterocycles. The zero-order valence-corrected chi connectivity index (χ0v) is 19.1. The van der Waals surface area contributed by atoms with Crippen molar-refractivity contribution in [2.45, 2.75) is 43.9 Å². The van der Waals surface area contributed by atoms with Crippen molar-refractivity contribution in [3.63, 3.8) is 0 Å². The molecule has 0 saturated carbocycles. The lowest BCUT2D eigenvalue weighted by molar-refractivity contribution is 0.0312. The van der Waals surface area contributed by atoms with Gasteiger partial charge in [-0.1, -0.05) is 54.6 Å². The standard InChI is InChI=1S/C24H30N2O5S/c1-32(28,29)25-22-11-6-13-26(24(27)31-21-12-14-30-17-21)23(22)16-18-7-5-10-20(15-18)19-8-3-2-4-9-19/h2-5,7-10,15,21-23,25H,6,11-14,16-17H2,1H3/t21?,22-,23-/m0/s1. The lowest BCUT2D eigenvalue weighted by Gasteiger charge is -2.41. The SMILES string of the molecule is CS(=O)(=O)N[C@H]1CCCN(C(=O)OC2CCOC2)[C@H]1Cc1cccc(-c2ccccc2)c1. The van der Waals surface area contributed by atoms with E-state index in [4.69, 9.17) is 9.47 Å². The molecule has 2 fully saturated rings. The molecule has 0 aromatic heterocycles. The molecule has 0 bridgehead atoms.